The van der Waals surface area contributed by atoms with Gasteiger partial charge in [0.05, 0.1) is 37.1 Å². The predicted molar refractivity (Wildman–Crippen MR) is 578 cm³/mol. The Morgan fingerprint density at radius 2 is 0.873 bits per heavy atom. The zero-order chi connectivity index (χ0) is 99.0. The molecule has 0 radical (unpaired) electrons. The fourth-order valence-corrected chi connectivity index (χ4v) is 20.3. The first kappa shape index (κ1) is 113. The topological polar surface area (TPSA) is 352 Å². The minimum atomic E-state index is -0.121. The molecule has 1 amide bonds. The number of ether oxygens (including phenoxy) is 1. The van der Waals surface area contributed by atoms with E-state index < -0.39 is 0 Å². The molecule has 7 aromatic rings. The average molecular weight is 1970 g/mol. The van der Waals surface area contributed by atoms with Crippen molar-refractivity contribution in [1.82, 2.24) is 133 Å². The highest BCUT2D eigenvalue weighted by Gasteiger charge is 2.29. The largest absolute Gasteiger partial charge is 0.491 e. The van der Waals surface area contributed by atoms with Gasteiger partial charge < -0.3 is 128 Å². The molecule has 36 nitrogen and oxygen atoms in total. The number of para-hydroxylation sites is 1. The number of carbonyl (C=O) groups is 1. The van der Waals surface area contributed by atoms with Crippen molar-refractivity contribution in [2.24, 2.45) is 35.3 Å². The van der Waals surface area contributed by atoms with Crippen molar-refractivity contribution in [2.45, 2.75) is 96.3 Å². The van der Waals surface area contributed by atoms with Crippen LogP contribution >= 0.6 is 0 Å². The Balaban J connectivity index is 0.000000149. The van der Waals surface area contributed by atoms with Crippen molar-refractivity contribution in [2.75, 3.05) is 377 Å². The fourth-order valence-electron chi connectivity index (χ4n) is 20.3. The van der Waals surface area contributed by atoms with Crippen molar-refractivity contribution in [1.29, 1.82) is 0 Å². The van der Waals surface area contributed by atoms with Crippen LogP contribution in [0.25, 0.3) is 0 Å². The number of likely N-dealkylation sites (tertiary alicyclic amines) is 2. The van der Waals surface area contributed by atoms with Crippen molar-refractivity contribution >= 4 is 46.4 Å². The number of methoxy groups -OCH3 is 1. The van der Waals surface area contributed by atoms with Gasteiger partial charge in [0, 0.05) is 284 Å². The summed E-state index contributed by atoms with van der Waals surface area (Å²) in [5.41, 5.74) is 8.52. The van der Waals surface area contributed by atoms with Gasteiger partial charge in [0.15, 0.2) is 11.6 Å². The molecule has 0 aliphatic carbocycles. The van der Waals surface area contributed by atoms with Gasteiger partial charge >= 0.3 is 0 Å². The standard InChI is InChI=1S/C12H18N4O.2C11H22N2.C10H13FN2.C10H20N2.C9H14N4O.C9H13N3.C9H21N3.3C8H12N4/c13-4-1-12(17)16-9-7-15(8-10-16)11-2-5-14-6-3-11;1-13-8-4-11(5-9-13)10-2-6-12-7-3-10;1-2-8-13(9-3-1)10-11-4-6-12-7-5-11;11-9-3-1-2-4-10(9)13-7-5-12-6-8-13;1-5-11-6-2-9(1)10-3-7-12-8-4-10;1-14-8-6-11-7-12-9(8)13-4-2-10-3-5-13;1-2-9(8-11-3-1)12-6-4-10-5-7-12;1-10-4-3-5-12-8-6-11(2)7-9-12;1-2-11-8(7-10-1)12-5-3-9-4-6-12;1-2-10-7-11-8(1)12-5-3-9-4-6-12;1-2-10-8(11-3-1)12-6-4-9-5-7-12/h2-3,5-6H,1,4,7-10,13H2;10-12H,2-9H2,1H3;11-12H,1-10H2;1-4,12H,5-8H2;9-12H,1-8H2;6-7,10H,2-5H2,1H3;1-3,8,10H,4-7H2;10H,3-9H2,1-2H3;2*1-2,7,9H,3-6H2;1-3,9H,4-7H2. The van der Waals surface area contributed by atoms with Gasteiger partial charge in [-0.05, 0) is 274 Å². The summed E-state index contributed by atoms with van der Waals surface area (Å²) in [5.74, 6) is 9.68. The van der Waals surface area contributed by atoms with Crippen LogP contribution in [0.5, 0.6) is 5.75 Å². The summed E-state index contributed by atoms with van der Waals surface area (Å²) in [7, 11) is 8.11. The molecule has 0 atom stereocenters. The minimum absolute atomic E-state index is 0.121. The van der Waals surface area contributed by atoms with Crippen LogP contribution in [0.4, 0.5) is 44.9 Å². The summed E-state index contributed by atoms with van der Waals surface area (Å²) in [6, 6.07) is 18.8. The summed E-state index contributed by atoms with van der Waals surface area (Å²) < 4.78 is 18.5. The lowest BCUT2D eigenvalue weighted by atomic mass is 9.79. The number of rotatable bonds is 18. The third-order valence-corrected chi connectivity index (χ3v) is 28.9. The predicted octanol–water partition coefficient (Wildman–Crippen LogP) is 4.99. The molecule has 788 valence electrons. The van der Waals surface area contributed by atoms with Gasteiger partial charge in [-0.2, -0.15) is 0 Å². The van der Waals surface area contributed by atoms with Crippen molar-refractivity contribution in [3.8, 4) is 5.75 Å². The number of hydrogen-bond donors (Lipinski definition) is 12. The zero-order valence-corrected chi connectivity index (χ0v) is 86.8. The van der Waals surface area contributed by atoms with Gasteiger partial charge in [-0.25, -0.2) is 39.3 Å². The number of piperazine rings is 8. The molecule has 13 N–H and O–H groups in total. The van der Waals surface area contributed by atoms with Crippen molar-refractivity contribution in [3.63, 3.8) is 0 Å². The second-order valence-corrected chi connectivity index (χ2v) is 38.9. The smallest absolute Gasteiger partial charge is 0.225 e. The number of hydrogen-bond acceptors (Lipinski definition) is 35. The van der Waals surface area contributed by atoms with Crippen LogP contribution in [0.1, 0.15) is 96.3 Å². The molecule has 1 aromatic carbocycles. The van der Waals surface area contributed by atoms with Crippen LogP contribution < -0.4 is 103 Å². The highest BCUT2D eigenvalue weighted by Crippen LogP contribution is 2.32. The monoisotopic (exact) mass is 1970 g/mol. The lowest BCUT2D eigenvalue weighted by Crippen LogP contribution is -2.49. The van der Waals surface area contributed by atoms with Gasteiger partial charge in [0.2, 0.25) is 11.9 Å². The van der Waals surface area contributed by atoms with E-state index >= 15 is 0 Å². The molecular weight excluding hydrogens is 1790 g/mol. The molecule has 20 heterocycles. The lowest BCUT2D eigenvalue weighted by Gasteiger charge is -2.36. The SMILES string of the molecule is C1CC(C2CCNCC2)CCN1.C1CCN(CC2CCNCC2)CC1.CN1CCC(C2CCNCC2)CC1.CNCCCN1CCN(C)CC1.COc1cncnc1N1CCNCC1.Fc1ccccc1N1CCNCC1.NCCC(=O)N1CCN(c2ccncc2)CC1.c1cc(N2CCNCC2)ncn1.c1cnc(N2CCNCC2)cn1.c1cnc(N2CCNCC2)nc1.c1cncc(N2CCNCC2)c1. The molecule has 142 heavy (non-hydrogen) atoms. The number of anilines is 7. The number of likely N-dealkylation sites (N-methyl/N-ethyl adjacent to an activating group) is 1. The first-order chi connectivity index (χ1) is 70.1. The van der Waals surface area contributed by atoms with Crippen LogP contribution in [0, 0.1) is 35.4 Å². The molecule has 21 rings (SSSR count). The first-order valence-corrected chi connectivity index (χ1v) is 54.0. The van der Waals surface area contributed by atoms with E-state index in [0.717, 1.165) is 254 Å². The Morgan fingerprint density at radius 1 is 0.387 bits per heavy atom. The highest BCUT2D eigenvalue weighted by molar-refractivity contribution is 5.76. The van der Waals surface area contributed by atoms with E-state index in [1.165, 1.54) is 225 Å². The molecule has 0 unspecified atom stereocenters. The number of nitrogens with two attached hydrogens (primary N) is 1. The molecule has 0 spiro atoms. The number of pyridine rings is 2. The van der Waals surface area contributed by atoms with E-state index in [1.807, 2.05) is 73.0 Å². The van der Waals surface area contributed by atoms with E-state index in [0.29, 0.717) is 13.0 Å². The normalized spacial score (nSPS) is 20.7. The summed E-state index contributed by atoms with van der Waals surface area (Å²) in [4.78, 5) is 80.2. The third-order valence-electron chi connectivity index (χ3n) is 28.9. The van der Waals surface area contributed by atoms with E-state index in [2.05, 4.69) is 182 Å². The second kappa shape index (κ2) is 69.9. The summed E-state index contributed by atoms with van der Waals surface area (Å²) in [6.45, 7) is 52.2. The molecule has 14 aliphatic heterocycles. The Hall–Kier alpha value is -9.00. The number of aromatic nitrogens is 10. The number of nitrogens with zero attached hydrogens (tertiary/aromatic N) is 22. The summed E-state index contributed by atoms with van der Waals surface area (Å²) >= 11 is 0. The maximum atomic E-state index is 13.3. The van der Waals surface area contributed by atoms with Crippen LogP contribution in [0.3, 0.4) is 0 Å². The Morgan fingerprint density at radius 3 is 1.39 bits per heavy atom. The molecular formula is C105H179FN34O2. The Kier molecular flexibility index (Phi) is 55.8. The lowest BCUT2D eigenvalue weighted by molar-refractivity contribution is -0.131. The first-order valence-electron chi connectivity index (χ1n) is 54.0. The highest BCUT2D eigenvalue weighted by atomic mass is 19.1. The molecule has 14 saturated heterocycles. The number of benzene rings is 1. The third kappa shape index (κ3) is 43.7. The van der Waals surface area contributed by atoms with Gasteiger partial charge in [-0.1, -0.05) is 18.6 Å². The maximum Gasteiger partial charge on any atom is 0.225 e. The van der Waals surface area contributed by atoms with Crippen LogP contribution in [0.15, 0.2) is 141 Å². The number of halogens is 1. The van der Waals surface area contributed by atoms with Gasteiger partial charge in [-0.3, -0.25) is 19.7 Å². The van der Waals surface area contributed by atoms with Crippen LogP contribution in [0.2, 0.25) is 0 Å². The van der Waals surface area contributed by atoms with E-state index in [-0.39, 0.29) is 11.7 Å². The van der Waals surface area contributed by atoms with E-state index in [1.54, 1.807) is 75.4 Å². The molecule has 0 saturated carbocycles. The minimum Gasteiger partial charge on any atom is -0.491 e. The Bertz CT molecular complexity index is 3970. The summed E-state index contributed by atoms with van der Waals surface area (Å²) in [6.07, 6.45) is 43.0. The number of carbonyl (C=O) groups excluding carboxylic acids is 1. The van der Waals surface area contributed by atoms with Crippen LogP contribution in [-0.4, -0.2) is 423 Å². The summed E-state index contributed by atoms with van der Waals surface area (Å²) in [5, 5.41) is 36.7. The van der Waals surface area contributed by atoms with Crippen LogP contribution in [-0.2, 0) is 4.79 Å². The quantitative estimate of drug-likeness (QED) is 0.0504. The Labute approximate surface area is 850 Å². The van der Waals surface area contributed by atoms with Gasteiger partial charge in [0.1, 0.15) is 30.1 Å². The average Bonchev–Trinajstić information content (AvgIpc) is 0.854. The van der Waals surface area contributed by atoms with E-state index in [4.69, 9.17) is 10.5 Å². The van der Waals surface area contributed by atoms with E-state index in [9.17, 15) is 9.18 Å². The number of piperidine rings is 6. The molecule has 14 aliphatic rings. The van der Waals surface area contributed by atoms with Gasteiger partial charge in [-0.15, -0.1) is 0 Å². The molecule has 0 bridgehead atoms. The number of amides is 1. The maximum absolute atomic E-state index is 13.3. The number of nitrogens with one attached hydrogen (secondary N) is 11. The molecule has 14 fully saturated rings. The van der Waals surface area contributed by atoms with Crippen molar-refractivity contribution < 1.29 is 13.9 Å². The van der Waals surface area contributed by atoms with Gasteiger partial charge in [0.25, 0.3) is 0 Å². The fraction of sp³-hybridized carbons (Fsp3) is 0.686. The second-order valence-electron chi connectivity index (χ2n) is 38.9. The van der Waals surface area contributed by atoms with Crippen molar-refractivity contribution in [3.05, 3.63) is 147 Å². The zero-order valence-electron chi connectivity index (χ0n) is 86.8. The molecule has 6 aromatic heterocycles. The molecule has 37 heteroatoms.